The zero-order valence-electron chi connectivity index (χ0n) is 20.0. The second-order valence-electron chi connectivity index (χ2n) is 9.01. The molecule has 0 saturated heterocycles. The largest absolute Gasteiger partial charge is 0.480 e. The number of nitrogens with zero attached hydrogens (tertiary/aromatic N) is 6. The summed E-state index contributed by atoms with van der Waals surface area (Å²) in [6, 6.07) is 8.39. The minimum absolute atomic E-state index is 0.372. The van der Waals surface area contributed by atoms with Gasteiger partial charge in [-0.15, -0.1) is 11.3 Å². The zero-order valence-corrected chi connectivity index (χ0v) is 20.8. The summed E-state index contributed by atoms with van der Waals surface area (Å²) in [6.07, 6.45) is 1.61. The molecular weight excluding hydrogens is 501 g/mol. The van der Waals surface area contributed by atoms with Crippen molar-refractivity contribution in [2.75, 3.05) is 7.11 Å². The molecule has 0 radical (unpaired) electrons. The Hall–Kier alpha value is -3.86. The third kappa shape index (κ3) is 4.43. The Balaban J connectivity index is 1.31. The number of aryl methyl sites for hydroxylation is 1. The summed E-state index contributed by atoms with van der Waals surface area (Å²) in [5.74, 6) is 1.37. The van der Waals surface area contributed by atoms with Crippen LogP contribution in [0.1, 0.15) is 47.0 Å². The number of hydrogen-bond donors (Lipinski definition) is 0. The Morgan fingerprint density at radius 2 is 1.89 bits per heavy atom. The van der Waals surface area contributed by atoms with E-state index in [9.17, 15) is 13.2 Å². The lowest BCUT2D eigenvalue weighted by molar-refractivity contribution is -0.141. The third-order valence-electron chi connectivity index (χ3n) is 6.36. The van der Waals surface area contributed by atoms with Gasteiger partial charge in [-0.2, -0.15) is 18.3 Å². The molecule has 0 aliphatic heterocycles. The van der Waals surface area contributed by atoms with Crippen LogP contribution in [0.25, 0.3) is 27.3 Å². The van der Waals surface area contributed by atoms with Crippen molar-refractivity contribution >= 4 is 21.6 Å². The average molecular weight is 523 g/mol. The second-order valence-corrected chi connectivity index (χ2v) is 9.92. The van der Waals surface area contributed by atoms with Crippen molar-refractivity contribution in [3.05, 3.63) is 76.4 Å². The van der Waals surface area contributed by atoms with E-state index in [1.165, 1.54) is 11.0 Å². The van der Waals surface area contributed by atoms with Gasteiger partial charge in [0.2, 0.25) is 5.88 Å². The number of fused-ring (bicyclic) bond motifs is 1. The van der Waals surface area contributed by atoms with E-state index in [4.69, 9.17) is 9.72 Å². The van der Waals surface area contributed by atoms with E-state index in [1.807, 2.05) is 18.3 Å². The first-order valence-corrected chi connectivity index (χ1v) is 12.6. The van der Waals surface area contributed by atoms with Gasteiger partial charge in [0.25, 0.3) is 0 Å². The lowest BCUT2D eigenvalue weighted by atomic mass is 10.1. The molecule has 6 rings (SSSR count). The molecule has 4 aromatic heterocycles. The van der Waals surface area contributed by atoms with Gasteiger partial charge in [0.1, 0.15) is 11.9 Å². The average Bonchev–Trinajstić information content (AvgIpc) is 3.55. The number of halogens is 3. The number of thiophene rings is 1. The van der Waals surface area contributed by atoms with Crippen molar-refractivity contribution in [3.63, 3.8) is 0 Å². The summed E-state index contributed by atoms with van der Waals surface area (Å²) in [6.45, 7) is 1.60. The summed E-state index contributed by atoms with van der Waals surface area (Å²) in [4.78, 5) is 18.3. The zero-order chi connectivity index (χ0) is 25.7. The summed E-state index contributed by atoms with van der Waals surface area (Å²) in [7, 11) is 1.58. The van der Waals surface area contributed by atoms with Gasteiger partial charge in [0.15, 0.2) is 11.5 Å². The predicted octanol–water partition coefficient (Wildman–Crippen LogP) is 6.14. The van der Waals surface area contributed by atoms with E-state index in [1.54, 1.807) is 37.5 Å². The van der Waals surface area contributed by atoms with Gasteiger partial charge in [0.05, 0.1) is 28.7 Å². The van der Waals surface area contributed by atoms with Crippen LogP contribution in [0.2, 0.25) is 0 Å². The Morgan fingerprint density at radius 3 is 2.57 bits per heavy atom. The van der Waals surface area contributed by atoms with Crippen LogP contribution in [0.15, 0.2) is 48.2 Å². The van der Waals surface area contributed by atoms with Gasteiger partial charge < -0.3 is 4.74 Å². The first-order valence-electron chi connectivity index (χ1n) is 11.7. The SMILES string of the molecule is COc1ncnc(C2CC2)c1-c1ncc2scc(Cc3ccc(-n4nc(C(F)(F)F)cc4C)cc3)c2n1. The Morgan fingerprint density at radius 1 is 1.11 bits per heavy atom. The number of benzene rings is 1. The lowest BCUT2D eigenvalue weighted by Gasteiger charge is -2.10. The third-order valence-corrected chi connectivity index (χ3v) is 7.32. The van der Waals surface area contributed by atoms with Crippen molar-refractivity contribution in [1.29, 1.82) is 0 Å². The molecule has 37 heavy (non-hydrogen) atoms. The standard InChI is InChI=1S/C26H21F3N6OS/c1-14-9-20(26(27,28)29)34-35(14)18-7-3-15(4-8-18)10-17-12-37-19-11-30-24(33-22(17)19)21-23(16-5-6-16)31-13-32-25(21)36-2/h3-4,7-9,11-13,16H,5-6,10H2,1-2H3. The minimum atomic E-state index is -4.48. The fourth-order valence-electron chi connectivity index (χ4n) is 4.39. The molecule has 1 aliphatic carbocycles. The van der Waals surface area contributed by atoms with Crippen molar-refractivity contribution in [3.8, 4) is 23.0 Å². The first kappa shape index (κ1) is 23.5. The molecule has 1 aromatic carbocycles. The van der Waals surface area contributed by atoms with Crippen LogP contribution in [0.4, 0.5) is 13.2 Å². The lowest BCUT2D eigenvalue weighted by Crippen LogP contribution is -2.07. The maximum Gasteiger partial charge on any atom is 0.435 e. The minimum Gasteiger partial charge on any atom is -0.480 e. The molecule has 0 bridgehead atoms. The molecule has 0 atom stereocenters. The van der Waals surface area contributed by atoms with Crippen LogP contribution in [-0.4, -0.2) is 36.8 Å². The van der Waals surface area contributed by atoms with Gasteiger partial charge >= 0.3 is 6.18 Å². The number of hydrogen-bond acceptors (Lipinski definition) is 7. The first-order chi connectivity index (χ1) is 17.8. The van der Waals surface area contributed by atoms with E-state index in [0.29, 0.717) is 35.4 Å². The fourth-order valence-corrected chi connectivity index (χ4v) is 5.25. The molecule has 0 unspecified atom stereocenters. The maximum absolute atomic E-state index is 13.0. The van der Waals surface area contributed by atoms with E-state index in [0.717, 1.165) is 51.5 Å². The Kier molecular flexibility index (Phi) is 5.67. The highest BCUT2D eigenvalue weighted by molar-refractivity contribution is 7.17. The monoisotopic (exact) mass is 522 g/mol. The van der Waals surface area contributed by atoms with E-state index in [-0.39, 0.29) is 0 Å². The van der Waals surface area contributed by atoms with Gasteiger partial charge in [-0.3, -0.25) is 0 Å². The summed E-state index contributed by atoms with van der Waals surface area (Å²) in [5.41, 5.74) is 4.63. The number of alkyl halides is 3. The molecule has 5 aromatic rings. The van der Waals surface area contributed by atoms with Gasteiger partial charge in [-0.05, 0) is 54.5 Å². The Labute approximate surface area is 214 Å². The van der Waals surface area contributed by atoms with E-state index >= 15 is 0 Å². The summed E-state index contributed by atoms with van der Waals surface area (Å²) < 4.78 is 46.9. The number of methoxy groups -OCH3 is 1. The molecule has 188 valence electrons. The molecule has 1 saturated carbocycles. The number of ether oxygens (including phenoxy) is 1. The highest BCUT2D eigenvalue weighted by atomic mass is 32.1. The van der Waals surface area contributed by atoms with Gasteiger partial charge in [0, 0.05) is 24.2 Å². The molecule has 0 spiro atoms. The van der Waals surface area contributed by atoms with E-state index < -0.39 is 11.9 Å². The van der Waals surface area contributed by atoms with Crippen LogP contribution in [0, 0.1) is 6.92 Å². The highest BCUT2D eigenvalue weighted by Gasteiger charge is 2.34. The smallest absolute Gasteiger partial charge is 0.435 e. The van der Waals surface area contributed by atoms with Crippen LogP contribution in [0.5, 0.6) is 5.88 Å². The number of rotatable bonds is 6. The van der Waals surface area contributed by atoms with Crippen LogP contribution < -0.4 is 4.74 Å². The van der Waals surface area contributed by atoms with Crippen LogP contribution in [-0.2, 0) is 12.6 Å². The number of aromatic nitrogens is 6. The van der Waals surface area contributed by atoms with Gasteiger partial charge in [-0.25, -0.2) is 24.6 Å². The summed E-state index contributed by atoms with van der Waals surface area (Å²) >= 11 is 1.57. The van der Waals surface area contributed by atoms with Gasteiger partial charge in [-0.1, -0.05) is 12.1 Å². The molecule has 0 amide bonds. The second kappa shape index (κ2) is 8.91. The molecular formula is C26H21F3N6OS. The van der Waals surface area contributed by atoms with Crippen LogP contribution in [0.3, 0.4) is 0 Å². The van der Waals surface area contributed by atoms with Crippen LogP contribution >= 0.6 is 11.3 Å². The van der Waals surface area contributed by atoms with Crippen molar-refractivity contribution in [2.24, 2.45) is 0 Å². The summed E-state index contributed by atoms with van der Waals surface area (Å²) in [5, 5.41) is 5.79. The van der Waals surface area contributed by atoms with Crippen molar-refractivity contribution in [2.45, 2.75) is 38.3 Å². The molecule has 1 aliphatic rings. The normalized spacial score (nSPS) is 13.9. The highest BCUT2D eigenvalue weighted by Crippen LogP contribution is 2.45. The molecule has 0 N–H and O–H groups in total. The van der Waals surface area contributed by atoms with Crippen molar-refractivity contribution in [1.82, 2.24) is 29.7 Å². The molecule has 7 nitrogen and oxygen atoms in total. The predicted molar refractivity (Wildman–Crippen MR) is 133 cm³/mol. The fraction of sp³-hybridized carbons (Fsp3) is 0.269. The maximum atomic E-state index is 13.0. The molecule has 4 heterocycles. The van der Waals surface area contributed by atoms with Crippen molar-refractivity contribution < 1.29 is 17.9 Å². The molecule has 11 heteroatoms. The topological polar surface area (TPSA) is 78.6 Å². The molecule has 1 fully saturated rings. The quantitative estimate of drug-likeness (QED) is 0.267. The van der Waals surface area contributed by atoms with E-state index in [2.05, 4.69) is 25.4 Å². The Bertz CT molecular complexity index is 1610.